The summed E-state index contributed by atoms with van der Waals surface area (Å²) in [5.41, 5.74) is 0.882. The van der Waals surface area contributed by atoms with Crippen LogP contribution >= 0.6 is 11.6 Å². The van der Waals surface area contributed by atoms with Crippen LogP contribution in [-0.2, 0) is 25.6 Å². The van der Waals surface area contributed by atoms with Gasteiger partial charge in [0.05, 0.1) is 30.5 Å². The van der Waals surface area contributed by atoms with Crippen molar-refractivity contribution in [2.45, 2.75) is 13.5 Å². The van der Waals surface area contributed by atoms with Gasteiger partial charge in [-0.2, -0.15) is 8.42 Å². The fraction of sp³-hybridized carbons (Fsp3) is 0.400. The maximum Gasteiger partial charge on any atom is 0.264 e. The van der Waals surface area contributed by atoms with Crippen LogP contribution in [0.4, 0.5) is 0 Å². The van der Waals surface area contributed by atoms with Gasteiger partial charge in [-0.25, -0.2) is 9.97 Å². The Kier molecular flexibility index (Phi) is 5.52. The van der Waals surface area contributed by atoms with Crippen molar-refractivity contribution in [3.63, 3.8) is 0 Å². The normalized spacial score (nSPS) is 11.9. The third kappa shape index (κ3) is 5.95. The number of aromatic nitrogens is 2. The molecule has 0 aliphatic rings. The van der Waals surface area contributed by atoms with Gasteiger partial charge < -0.3 is 4.74 Å². The van der Waals surface area contributed by atoms with Crippen molar-refractivity contribution < 1.29 is 17.3 Å². The van der Waals surface area contributed by atoms with Crippen LogP contribution in [0.25, 0.3) is 6.08 Å². The standard InChI is InChI=1S/C10H13ClN2O4S/c1-3-16-5-4-8-6-9(13-10(11)12-8)7-17-18(2,14)15/h4-6H,3,7H2,1-2H3. The second kappa shape index (κ2) is 6.67. The zero-order valence-corrected chi connectivity index (χ0v) is 11.5. The van der Waals surface area contributed by atoms with E-state index in [0.29, 0.717) is 18.0 Å². The van der Waals surface area contributed by atoms with Gasteiger partial charge in [0.25, 0.3) is 10.1 Å². The van der Waals surface area contributed by atoms with Crippen molar-refractivity contribution in [3.05, 3.63) is 29.0 Å². The fourth-order valence-corrected chi connectivity index (χ4v) is 1.57. The maximum atomic E-state index is 10.9. The van der Waals surface area contributed by atoms with Gasteiger partial charge in [-0.15, -0.1) is 0 Å². The molecule has 0 aliphatic heterocycles. The van der Waals surface area contributed by atoms with Gasteiger partial charge in [-0.05, 0) is 30.7 Å². The predicted molar refractivity (Wildman–Crippen MR) is 67.3 cm³/mol. The van der Waals surface area contributed by atoms with Crippen LogP contribution in [0, 0.1) is 0 Å². The fourth-order valence-electron chi connectivity index (χ4n) is 1.03. The van der Waals surface area contributed by atoms with E-state index in [9.17, 15) is 8.42 Å². The van der Waals surface area contributed by atoms with Gasteiger partial charge in [0.15, 0.2) is 0 Å². The Morgan fingerprint density at radius 3 is 2.78 bits per heavy atom. The first-order chi connectivity index (χ1) is 8.40. The summed E-state index contributed by atoms with van der Waals surface area (Å²) in [6.45, 7) is 2.21. The third-order valence-corrected chi connectivity index (χ3v) is 2.41. The van der Waals surface area contributed by atoms with E-state index in [1.165, 1.54) is 6.26 Å². The monoisotopic (exact) mass is 292 g/mol. The molecule has 0 fully saturated rings. The van der Waals surface area contributed by atoms with Gasteiger partial charge >= 0.3 is 0 Å². The summed E-state index contributed by atoms with van der Waals surface area (Å²) in [6.07, 6.45) is 4.03. The van der Waals surface area contributed by atoms with Gasteiger partial charge in [0.2, 0.25) is 5.28 Å². The highest BCUT2D eigenvalue weighted by atomic mass is 35.5. The molecule has 0 aromatic carbocycles. The van der Waals surface area contributed by atoms with Crippen LogP contribution in [0.5, 0.6) is 0 Å². The summed E-state index contributed by atoms with van der Waals surface area (Å²) >= 11 is 5.71. The minimum absolute atomic E-state index is 0.0146. The van der Waals surface area contributed by atoms with Crippen LogP contribution in [0.1, 0.15) is 18.3 Å². The topological polar surface area (TPSA) is 78.4 Å². The van der Waals surface area contributed by atoms with Gasteiger partial charge in [0.1, 0.15) is 6.61 Å². The van der Waals surface area contributed by atoms with Gasteiger partial charge in [-0.3, -0.25) is 4.18 Å². The van der Waals surface area contributed by atoms with Crippen molar-refractivity contribution in [2.75, 3.05) is 12.9 Å². The Hall–Kier alpha value is -1.18. The summed E-state index contributed by atoms with van der Waals surface area (Å²) in [4.78, 5) is 7.79. The molecule has 0 spiro atoms. The smallest absolute Gasteiger partial charge is 0.264 e. The molecule has 0 aliphatic carbocycles. The Morgan fingerprint density at radius 1 is 1.44 bits per heavy atom. The molecule has 1 aromatic rings. The summed E-state index contributed by atoms with van der Waals surface area (Å²) in [5.74, 6) is 0. The number of ether oxygens (including phenoxy) is 1. The molecule has 0 saturated carbocycles. The average molecular weight is 293 g/mol. The molecule has 0 unspecified atom stereocenters. The van der Waals surface area contributed by atoms with E-state index in [-0.39, 0.29) is 11.9 Å². The lowest BCUT2D eigenvalue weighted by Crippen LogP contribution is -2.05. The highest BCUT2D eigenvalue weighted by Crippen LogP contribution is 2.09. The van der Waals surface area contributed by atoms with E-state index in [0.717, 1.165) is 6.26 Å². The predicted octanol–water partition coefficient (Wildman–Crippen LogP) is 1.61. The molecule has 0 amide bonds. The summed E-state index contributed by atoms with van der Waals surface area (Å²) in [7, 11) is -3.52. The largest absolute Gasteiger partial charge is 0.501 e. The van der Waals surface area contributed by atoms with Crippen LogP contribution in [0.3, 0.4) is 0 Å². The molecule has 1 heterocycles. The molecule has 0 atom stereocenters. The zero-order chi connectivity index (χ0) is 13.6. The van der Waals surface area contributed by atoms with Crippen molar-refractivity contribution in [1.82, 2.24) is 9.97 Å². The van der Waals surface area contributed by atoms with Gasteiger partial charge in [-0.1, -0.05) is 0 Å². The number of hydrogen-bond acceptors (Lipinski definition) is 6. The molecular weight excluding hydrogens is 280 g/mol. The van der Waals surface area contributed by atoms with E-state index in [1.807, 2.05) is 6.92 Å². The molecule has 18 heavy (non-hydrogen) atoms. The van der Waals surface area contributed by atoms with Crippen LogP contribution in [0.15, 0.2) is 12.3 Å². The molecule has 1 rings (SSSR count). The number of hydrogen-bond donors (Lipinski definition) is 0. The quantitative estimate of drug-likeness (QED) is 0.450. The number of halogens is 1. The Morgan fingerprint density at radius 2 is 2.17 bits per heavy atom. The van der Waals surface area contributed by atoms with E-state index in [2.05, 4.69) is 14.2 Å². The second-order valence-corrected chi connectivity index (χ2v) is 5.26. The first kappa shape index (κ1) is 14.9. The molecule has 6 nitrogen and oxygen atoms in total. The first-order valence-electron chi connectivity index (χ1n) is 5.06. The number of rotatable bonds is 6. The maximum absolute atomic E-state index is 10.9. The summed E-state index contributed by atoms with van der Waals surface area (Å²) in [6, 6.07) is 1.56. The third-order valence-electron chi connectivity index (χ3n) is 1.69. The van der Waals surface area contributed by atoms with Crippen molar-refractivity contribution in [2.24, 2.45) is 0 Å². The minimum atomic E-state index is -3.52. The lowest BCUT2D eigenvalue weighted by Gasteiger charge is -2.02. The first-order valence-corrected chi connectivity index (χ1v) is 7.26. The Bertz CT molecular complexity index is 531. The molecule has 0 bridgehead atoms. The highest BCUT2D eigenvalue weighted by Gasteiger charge is 2.06. The lowest BCUT2D eigenvalue weighted by atomic mass is 10.3. The van der Waals surface area contributed by atoms with Crippen molar-refractivity contribution >= 4 is 27.8 Å². The van der Waals surface area contributed by atoms with Crippen molar-refractivity contribution in [1.29, 1.82) is 0 Å². The average Bonchev–Trinajstić information content (AvgIpc) is 2.25. The van der Waals surface area contributed by atoms with E-state index in [1.54, 1.807) is 12.1 Å². The molecule has 1 aromatic heterocycles. The SMILES string of the molecule is CCOC=Cc1cc(COS(C)(=O)=O)nc(Cl)n1. The lowest BCUT2D eigenvalue weighted by molar-refractivity contribution is 0.272. The molecule has 0 N–H and O–H groups in total. The molecular formula is C10H13ClN2O4S. The summed E-state index contributed by atoms with van der Waals surface area (Å²) < 4.78 is 31.3. The van der Waals surface area contributed by atoms with E-state index >= 15 is 0 Å². The Labute approximate surface area is 111 Å². The molecule has 100 valence electrons. The van der Waals surface area contributed by atoms with Crippen LogP contribution in [0.2, 0.25) is 5.28 Å². The molecule has 0 saturated heterocycles. The van der Waals surface area contributed by atoms with Crippen LogP contribution < -0.4 is 0 Å². The molecule has 8 heteroatoms. The summed E-state index contributed by atoms with van der Waals surface area (Å²) in [5, 5.41) is 0.0146. The van der Waals surface area contributed by atoms with Crippen LogP contribution in [-0.4, -0.2) is 31.2 Å². The Balaban J connectivity index is 2.80. The highest BCUT2D eigenvalue weighted by molar-refractivity contribution is 7.85. The molecule has 0 radical (unpaired) electrons. The van der Waals surface area contributed by atoms with E-state index in [4.69, 9.17) is 16.3 Å². The number of nitrogens with zero attached hydrogens (tertiary/aromatic N) is 2. The second-order valence-electron chi connectivity index (χ2n) is 3.28. The zero-order valence-electron chi connectivity index (χ0n) is 9.96. The minimum Gasteiger partial charge on any atom is -0.501 e. The van der Waals surface area contributed by atoms with E-state index < -0.39 is 10.1 Å². The van der Waals surface area contributed by atoms with Crippen molar-refractivity contribution in [3.8, 4) is 0 Å². The van der Waals surface area contributed by atoms with Gasteiger partial charge in [0, 0.05) is 0 Å².